The maximum Gasteiger partial charge on any atom is 0.270 e. The molecule has 5 rings (SSSR count). The minimum Gasteiger partial charge on any atom is -0.367 e. The van der Waals surface area contributed by atoms with E-state index in [1.807, 2.05) is 32.8 Å². The standard InChI is InChI=1S/C35H43N7O2/c1-7-31(43)42-19-18-41(21-27(42)14-16-36)34-25(4)33(35(44)37-24(3)20-39(5)6)38-29-22-40(17-15-28(29)34)30-13-9-12-26-11-8-10-23(2)32(26)30/h7-13,24,27H,1,14-15,17-22H2,2-6H3,(H,37,44)/t24?,27-/m0/s1. The molecule has 0 aliphatic carbocycles. The van der Waals surface area contributed by atoms with E-state index >= 15 is 0 Å². The molecule has 1 unspecified atom stereocenters. The Hall–Kier alpha value is -4.42. The van der Waals surface area contributed by atoms with Crippen LogP contribution >= 0.6 is 0 Å². The van der Waals surface area contributed by atoms with Crippen molar-refractivity contribution in [1.82, 2.24) is 20.1 Å². The van der Waals surface area contributed by atoms with Crippen molar-refractivity contribution in [3.8, 4) is 6.07 Å². The molecule has 2 atom stereocenters. The van der Waals surface area contributed by atoms with Gasteiger partial charge in [0.15, 0.2) is 0 Å². The van der Waals surface area contributed by atoms with Crippen LogP contribution in [0.1, 0.15) is 46.2 Å². The molecule has 0 radical (unpaired) electrons. The fourth-order valence-electron chi connectivity index (χ4n) is 6.92. The van der Waals surface area contributed by atoms with Crippen LogP contribution in [0.15, 0.2) is 49.1 Å². The molecular formula is C35H43N7O2. The number of carbonyl (C=O) groups excluding carboxylic acids is 2. The van der Waals surface area contributed by atoms with Crippen LogP contribution < -0.4 is 15.1 Å². The summed E-state index contributed by atoms with van der Waals surface area (Å²) in [6.45, 7) is 13.5. The minimum atomic E-state index is -0.265. The number of nitriles is 1. The summed E-state index contributed by atoms with van der Waals surface area (Å²) in [6, 6.07) is 14.8. The number of anilines is 2. The average molecular weight is 594 g/mol. The van der Waals surface area contributed by atoms with E-state index in [2.05, 4.69) is 71.1 Å². The number of hydrogen-bond donors (Lipinski definition) is 1. The smallest absolute Gasteiger partial charge is 0.270 e. The number of benzene rings is 2. The number of aryl methyl sites for hydroxylation is 1. The molecule has 2 aromatic carbocycles. The SMILES string of the molecule is C=CC(=O)N1CCN(c2c(C)c(C(=O)NC(C)CN(C)C)nc3c2CCN(c2cccc4cccc(C)c24)C3)C[C@@H]1CC#N. The number of nitrogens with one attached hydrogen (secondary N) is 1. The zero-order chi connectivity index (χ0) is 31.5. The predicted molar refractivity (Wildman–Crippen MR) is 176 cm³/mol. The summed E-state index contributed by atoms with van der Waals surface area (Å²) in [5.74, 6) is -0.345. The van der Waals surface area contributed by atoms with Gasteiger partial charge < -0.3 is 24.9 Å². The van der Waals surface area contributed by atoms with E-state index in [-0.39, 0.29) is 30.3 Å². The Morgan fingerprint density at radius 2 is 1.91 bits per heavy atom. The number of pyridine rings is 1. The van der Waals surface area contributed by atoms with Crippen LogP contribution in [0, 0.1) is 25.2 Å². The molecular weight excluding hydrogens is 550 g/mol. The summed E-state index contributed by atoms with van der Waals surface area (Å²) in [5.41, 5.74) is 6.73. The molecule has 230 valence electrons. The Bertz CT molecular complexity index is 1620. The van der Waals surface area contributed by atoms with Crippen LogP contribution in [0.2, 0.25) is 0 Å². The van der Waals surface area contributed by atoms with Crippen LogP contribution in [-0.2, 0) is 17.8 Å². The van der Waals surface area contributed by atoms with E-state index in [0.29, 0.717) is 38.4 Å². The minimum absolute atomic E-state index is 0.0539. The molecule has 2 amide bonds. The molecule has 0 spiro atoms. The van der Waals surface area contributed by atoms with Crippen molar-refractivity contribution in [3.05, 3.63) is 77.1 Å². The van der Waals surface area contributed by atoms with Gasteiger partial charge in [-0.1, -0.05) is 36.9 Å². The zero-order valence-electron chi connectivity index (χ0n) is 26.6. The monoisotopic (exact) mass is 593 g/mol. The number of piperazine rings is 1. The van der Waals surface area contributed by atoms with Gasteiger partial charge >= 0.3 is 0 Å². The third-order valence-electron chi connectivity index (χ3n) is 8.81. The van der Waals surface area contributed by atoms with E-state index < -0.39 is 0 Å². The number of amides is 2. The van der Waals surface area contributed by atoms with Gasteiger partial charge in [-0.25, -0.2) is 4.98 Å². The van der Waals surface area contributed by atoms with E-state index in [0.717, 1.165) is 35.5 Å². The predicted octanol–water partition coefficient (Wildman–Crippen LogP) is 4.21. The highest BCUT2D eigenvalue weighted by Crippen LogP contribution is 2.38. The van der Waals surface area contributed by atoms with Crippen molar-refractivity contribution in [2.75, 3.05) is 56.6 Å². The van der Waals surface area contributed by atoms with Gasteiger partial charge in [-0.15, -0.1) is 0 Å². The number of rotatable bonds is 8. The van der Waals surface area contributed by atoms with Crippen molar-refractivity contribution in [3.63, 3.8) is 0 Å². The molecule has 1 N–H and O–H groups in total. The summed E-state index contributed by atoms with van der Waals surface area (Å²) < 4.78 is 0. The lowest BCUT2D eigenvalue weighted by Crippen LogP contribution is -2.55. The maximum atomic E-state index is 13.8. The zero-order valence-corrected chi connectivity index (χ0v) is 26.6. The Balaban J connectivity index is 1.57. The summed E-state index contributed by atoms with van der Waals surface area (Å²) in [6.07, 6.45) is 2.32. The van der Waals surface area contributed by atoms with Gasteiger partial charge in [-0.05, 0) is 64.4 Å². The first-order valence-corrected chi connectivity index (χ1v) is 15.4. The van der Waals surface area contributed by atoms with Gasteiger partial charge in [0, 0.05) is 66.7 Å². The molecule has 1 aromatic heterocycles. The highest BCUT2D eigenvalue weighted by atomic mass is 16.2. The third kappa shape index (κ3) is 6.13. The lowest BCUT2D eigenvalue weighted by atomic mass is 9.94. The fraction of sp³-hybridized carbons (Fsp3) is 0.429. The lowest BCUT2D eigenvalue weighted by Gasteiger charge is -2.43. The number of aromatic nitrogens is 1. The molecule has 0 saturated carbocycles. The Morgan fingerprint density at radius 3 is 2.61 bits per heavy atom. The van der Waals surface area contributed by atoms with Gasteiger partial charge in [-0.3, -0.25) is 9.59 Å². The largest absolute Gasteiger partial charge is 0.367 e. The van der Waals surface area contributed by atoms with E-state index in [1.165, 1.54) is 28.1 Å². The topological polar surface area (TPSA) is 95.8 Å². The van der Waals surface area contributed by atoms with Crippen molar-refractivity contribution in [2.24, 2.45) is 0 Å². The highest BCUT2D eigenvalue weighted by Gasteiger charge is 2.34. The third-order valence-corrected chi connectivity index (χ3v) is 8.81. The van der Waals surface area contributed by atoms with E-state index in [4.69, 9.17) is 4.98 Å². The number of nitrogens with zero attached hydrogens (tertiary/aromatic N) is 6. The fourth-order valence-corrected chi connectivity index (χ4v) is 6.92. The molecule has 1 saturated heterocycles. The number of hydrogen-bond acceptors (Lipinski definition) is 7. The van der Waals surface area contributed by atoms with Crippen LogP contribution in [-0.4, -0.2) is 85.5 Å². The van der Waals surface area contributed by atoms with Crippen LogP contribution in [0.25, 0.3) is 10.8 Å². The summed E-state index contributed by atoms with van der Waals surface area (Å²) >= 11 is 0. The average Bonchev–Trinajstić information content (AvgIpc) is 2.99. The quantitative estimate of drug-likeness (QED) is 0.391. The van der Waals surface area contributed by atoms with Gasteiger partial charge in [-0.2, -0.15) is 5.26 Å². The van der Waals surface area contributed by atoms with Gasteiger partial charge in [0.25, 0.3) is 5.91 Å². The van der Waals surface area contributed by atoms with E-state index in [1.54, 1.807) is 4.90 Å². The second-order valence-corrected chi connectivity index (χ2v) is 12.3. The second-order valence-electron chi connectivity index (χ2n) is 12.3. The number of likely N-dealkylation sites (N-methyl/N-ethyl adjacent to an activating group) is 1. The Morgan fingerprint density at radius 1 is 1.16 bits per heavy atom. The Kier molecular flexibility index (Phi) is 9.21. The van der Waals surface area contributed by atoms with Gasteiger partial charge in [0.2, 0.25) is 5.91 Å². The van der Waals surface area contributed by atoms with Crippen molar-refractivity contribution in [2.45, 2.75) is 52.2 Å². The molecule has 9 heteroatoms. The summed E-state index contributed by atoms with van der Waals surface area (Å²) in [7, 11) is 3.97. The van der Waals surface area contributed by atoms with Crippen molar-refractivity contribution < 1.29 is 9.59 Å². The number of fused-ring (bicyclic) bond motifs is 2. The molecule has 0 bridgehead atoms. The first kappa shape index (κ1) is 31.0. The molecule has 44 heavy (non-hydrogen) atoms. The molecule has 3 aromatic rings. The van der Waals surface area contributed by atoms with Crippen molar-refractivity contribution >= 4 is 34.0 Å². The van der Waals surface area contributed by atoms with Gasteiger partial charge in [0.1, 0.15) is 5.69 Å². The summed E-state index contributed by atoms with van der Waals surface area (Å²) in [5, 5.41) is 15.2. The lowest BCUT2D eigenvalue weighted by molar-refractivity contribution is -0.128. The normalized spacial score (nSPS) is 17.3. The first-order valence-electron chi connectivity index (χ1n) is 15.4. The van der Waals surface area contributed by atoms with Crippen LogP contribution in [0.5, 0.6) is 0 Å². The second kappa shape index (κ2) is 13.1. The molecule has 2 aliphatic rings. The maximum absolute atomic E-state index is 13.8. The van der Waals surface area contributed by atoms with Crippen molar-refractivity contribution in [1.29, 1.82) is 5.26 Å². The van der Waals surface area contributed by atoms with E-state index in [9.17, 15) is 14.9 Å². The van der Waals surface area contributed by atoms with Crippen LogP contribution in [0.3, 0.4) is 0 Å². The number of carbonyl (C=O) groups is 2. The molecule has 1 fully saturated rings. The highest BCUT2D eigenvalue weighted by molar-refractivity contribution is 5.98. The molecule has 2 aliphatic heterocycles. The molecule has 9 nitrogen and oxygen atoms in total. The Labute approximate surface area is 260 Å². The first-order chi connectivity index (χ1) is 21.1. The van der Waals surface area contributed by atoms with Gasteiger partial charge in [0.05, 0.1) is 30.8 Å². The molecule has 3 heterocycles. The summed E-state index contributed by atoms with van der Waals surface area (Å²) in [4.78, 5) is 39.9. The van der Waals surface area contributed by atoms with Crippen LogP contribution in [0.4, 0.5) is 11.4 Å².